The van der Waals surface area contributed by atoms with Crippen LogP contribution in [0.3, 0.4) is 0 Å². The molecule has 0 saturated heterocycles. The maximum absolute atomic E-state index is 4.25. The van der Waals surface area contributed by atoms with Gasteiger partial charge in [-0.05, 0) is 44.0 Å². The second-order valence-electron chi connectivity index (χ2n) is 2.71. The number of nitrogens with zero attached hydrogens (tertiary/aromatic N) is 2. The van der Waals surface area contributed by atoms with Crippen LogP contribution in [0, 0.1) is 0 Å². The fourth-order valence-corrected chi connectivity index (χ4v) is 2.47. The molecule has 1 heterocycles. The van der Waals surface area contributed by atoms with Gasteiger partial charge in [0.2, 0.25) is 0 Å². The van der Waals surface area contributed by atoms with Gasteiger partial charge in [0.15, 0.2) is 0 Å². The molecule has 2 aromatic rings. The third-order valence-corrected chi connectivity index (χ3v) is 4.01. The predicted molar refractivity (Wildman–Crippen MR) is 68.0 cm³/mol. The van der Waals surface area contributed by atoms with Gasteiger partial charge < -0.3 is 0 Å². The normalized spacial score (nSPS) is 10.3. The van der Waals surface area contributed by atoms with Crippen LogP contribution >= 0.6 is 43.6 Å². The Morgan fingerprint density at radius 3 is 2.47 bits per heavy atom. The average molecular weight is 346 g/mol. The Labute approximate surface area is 109 Å². The van der Waals surface area contributed by atoms with E-state index in [1.165, 1.54) is 0 Å². The Hall–Kier alpha value is -0.390. The van der Waals surface area contributed by atoms with Gasteiger partial charge in [-0.3, -0.25) is 0 Å². The molecule has 0 saturated carbocycles. The average Bonchev–Trinajstić information content (AvgIpc) is 2.25. The van der Waals surface area contributed by atoms with Crippen molar-refractivity contribution in [2.75, 3.05) is 0 Å². The van der Waals surface area contributed by atoms with E-state index in [0.717, 1.165) is 19.0 Å². The highest BCUT2D eigenvalue weighted by Gasteiger charge is 2.02. The highest BCUT2D eigenvalue weighted by atomic mass is 79.9. The third kappa shape index (κ3) is 3.03. The predicted octanol–water partition coefficient (Wildman–Crippen LogP) is 4.15. The molecule has 15 heavy (non-hydrogen) atoms. The molecular weight excluding hydrogens is 340 g/mol. The lowest BCUT2D eigenvalue weighted by Gasteiger charge is -2.02. The summed E-state index contributed by atoms with van der Waals surface area (Å²) in [5.74, 6) is 0. The van der Waals surface area contributed by atoms with Crippen LogP contribution in [0.2, 0.25) is 0 Å². The number of halogens is 2. The zero-order valence-electron chi connectivity index (χ0n) is 7.52. The van der Waals surface area contributed by atoms with E-state index in [-0.39, 0.29) is 0 Å². The van der Waals surface area contributed by atoms with Crippen molar-refractivity contribution >= 4 is 43.6 Å². The fourth-order valence-electron chi connectivity index (χ4n) is 0.993. The van der Waals surface area contributed by atoms with Gasteiger partial charge in [-0.25, -0.2) is 9.97 Å². The molecule has 0 atom stereocenters. The van der Waals surface area contributed by atoms with Crippen LogP contribution in [-0.2, 0) is 0 Å². The van der Waals surface area contributed by atoms with Gasteiger partial charge in [0, 0.05) is 9.37 Å². The van der Waals surface area contributed by atoms with Crippen LogP contribution in [0.1, 0.15) is 0 Å². The molecule has 0 fully saturated rings. The van der Waals surface area contributed by atoms with E-state index in [4.69, 9.17) is 0 Å². The maximum Gasteiger partial charge on any atom is 0.124 e. The molecule has 0 bridgehead atoms. The van der Waals surface area contributed by atoms with Gasteiger partial charge in [-0.15, -0.1) is 0 Å². The second kappa shape index (κ2) is 5.09. The van der Waals surface area contributed by atoms with Gasteiger partial charge >= 0.3 is 0 Å². The lowest BCUT2D eigenvalue weighted by atomic mass is 10.4. The van der Waals surface area contributed by atoms with Crippen molar-refractivity contribution in [1.29, 1.82) is 0 Å². The van der Waals surface area contributed by atoms with E-state index in [1.54, 1.807) is 24.2 Å². The molecule has 0 N–H and O–H groups in total. The Kier molecular flexibility index (Phi) is 3.77. The van der Waals surface area contributed by atoms with Crippen molar-refractivity contribution in [1.82, 2.24) is 9.97 Å². The lowest BCUT2D eigenvalue weighted by Crippen LogP contribution is -1.83. The van der Waals surface area contributed by atoms with E-state index in [1.807, 2.05) is 24.3 Å². The lowest BCUT2D eigenvalue weighted by molar-refractivity contribution is 1.03. The van der Waals surface area contributed by atoms with Crippen molar-refractivity contribution in [2.24, 2.45) is 0 Å². The zero-order chi connectivity index (χ0) is 10.7. The van der Waals surface area contributed by atoms with E-state index in [0.29, 0.717) is 0 Å². The van der Waals surface area contributed by atoms with Gasteiger partial charge in [-0.2, -0.15) is 0 Å². The molecule has 1 aromatic carbocycles. The number of benzene rings is 1. The van der Waals surface area contributed by atoms with Gasteiger partial charge in [0.25, 0.3) is 0 Å². The summed E-state index contributed by atoms with van der Waals surface area (Å²) < 4.78 is 1.82. The third-order valence-electron chi connectivity index (χ3n) is 1.65. The monoisotopic (exact) mass is 344 g/mol. The van der Waals surface area contributed by atoms with E-state index >= 15 is 0 Å². The van der Waals surface area contributed by atoms with Crippen LogP contribution in [-0.4, -0.2) is 9.97 Å². The molecule has 2 nitrogen and oxygen atoms in total. The van der Waals surface area contributed by atoms with Crippen molar-refractivity contribution in [2.45, 2.75) is 9.92 Å². The first-order valence-corrected chi connectivity index (χ1v) is 6.56. The minimum Gasteiger partial charge on any atom is -0.245 e. The van der Waals surface area contributed by atoms with E-state index in [2.05, 4.69) is 41.8 Å². The Balaban J connectivity index is 2.22. The maximum atomic E-state index is 4.25. The fraction of sp³-hybridized carbons (Fsp3) is 0. The Morgan fingerprint density at radius 2 is 1.80 bits per heavy atom. The van der Waals surface area contributed by atoms with E-state index < -0.39 is 0 Å². The van der Waals surface area contributed by atoms with Crippen LogP contribution in [0.25, 0.3) is 0 Å². The second-order valence-corrected chi connectivity index (χ2v) is 5.44. The highest BCUT2D eigenvalue weighted by Crippen LogP contribution is 2.31. The summed E-state index contributed by atoms with van der Waals surface area (Å²) in [7, 11) is 0. The summed E-state index contributed by atoms with van der Waals surface area (Å²) in [6.45, 7) is 0. The minimum absolute atomic E-state index is 0.749. The summed E-state index contributed by atoms with van der Waals surface area (Å²) in [4.78, 5) is 9.50. The Morgan fingerprint density at radius 1 is 1.00 bits per heavy atom. The first-order valence-electron chi connectivity index (χ1n) is 4.15. The summed E-state index contributed by atoms with van der Waals surface area (Å²) in [5, 5.41) is 0.880. The van der Waals surface area contributed by atoms with Gasteiger partial charge in [0.05, 0.1) is 12.4 Å². The molecular formula is C10H6Br2N2S. The number of rotatable bonds is 2. The number of aromatic nitrogens is 2. The van der Waals surface area contributed by atoms with Crippen molar-refractivity contribution in [3.05, 3.63) is 45.7 Å². The molecule has 2 rings (SSSR count). The Bertz CT molecular complexity index is 459. The van der Waals surface area contributed by atoms with Gasteiger partial charge in [-0.1, -0.05) is 23.9 Å². The van der Waals surface area contributed by atoms with Crippen LogP contribution in [0.4, 0.5) is 0 Å². The van der Waals surface area contributed by atoms with Crippen LogP contribution in [0.15, 0.2) is 55.7 Å². The first kappa shape index (κ1) is 11.1. The van der Waals surface area contributed by atoms with Crippen LogP contribution in [0.5, 0.6) is 0 Å². The largest absolute Gasteiger partial charge is 0.245 e. The zero-order valence-corrected chi connectivity index (χ0v) is 11.5. The van der Waals surface area contributed by atoms with Crippen molar-refractivity contribution in [3.8, 4) is 0 Å². The van der Waals surface area contributed by atoms with Gasteiger partial charge in [0.1, 0.15) is 9.63 Å². The minimum atomic E-state index is 0.749. The number of hydrogen-bond donors (Lipinski definition) is 0. The summed E-state index contributed by atoms with van der Waals surface area (Å²) >= 11 is 8.32. The highest BCUT2D eigenvalue weighted by molar-refractivity contribution is 9.10. The summed E-state index contributed by atoms with van der Waals surface area (Å²) in [6.07, 6.45) is 3.44. The SMILES string of the molecule is Brc1cnc(Sc2ccccc2Br)cn1. The molecule has 76 valence electrons. The first-order chi connectivity index (χ1) is 7.25. The smallest absolute Gasteiger partial charge is 0.124 e. The topological polar surface area (TPSA) is 25.8 Å². The number of hydrogen-bond acceptors (Lipinski definition) is 3. The summed E-state index contributed by atoms with van der Waals surface area (Å²) in [6, 6.07) is 8.04. The molecule has 5 heteroatoms. The van der Waals surface area contributed by atoms with E-state index in [9.17, 15) is 0 Å². The molecule has 1 aromatic heterocycles. The molecule has 0 aliphatic heterocycles. The quantitative estimate of drug-likeness (QED) is 0.817. The summed E-state index contributed by atoms with van der Waals surface area (Å²) in [5.41, 5.74) is 0. The molecule has 0 aliphatic rings. The molecule has 0 amide bonds. The molecule has 0 unspecified atom stereocenters. The van der Waals surface area contributed by atoms with Crippen molar-refractivity contribution in [3.63, 3.8) is 0 Å². The molecule has 0 spiro atoms. The molecule has 0 aliphatic carbocycles. The molecule has 0 radical (unpaired) electrons. The standard InChI is InChI=1S/C10H6Br2N2S/c11-7-3-1-2-4-8(7)15-10-6-13-9(12)5-14-10/h1-6H. The van der Waals surface area contributed by atoms with Crippen LogP contribution < -0.4 is 0 Å². The van der Waals surface area contributed by atoms with Crippen molar-refractivity contribution < 1.29 is 0 Å².